The molecule has 0 saturated carbocycles. The van der Waals surface area contributed by atoms with Crippen molar-refractivity contribution in [3.05, 3.63) is 12.2 Å². The largest absolute Gasteiger partial charge is 0.469 e. The summed E-state index contributed by atoms with van der Waals surface area (Å²) < 4.78 is 30.7. The summed E-state index contributed by atoms with van der Waals surface area (Å²) in [6.45, 7) is 2.21. The van der Waals surface area contributed by atoms with Gasteiger partial charge >= 0.3 is 5.97 Å². The van der Waals surface area contributed by atoms with Crippen molar-refractivity contribution in [3.8, 4) is 0 Å². The van der Waals surface area contributed by atoms with E-state index >= 15 is 0 Å². The summed E-state index contributed by atoms with van der Waals surface area (Å²) >= 11 is 0. The van der Waals surface area contributed by atoms with Crippen molar-refractivity contribution in [2.75, 3.05) is 7.11 Å². The van der Waals surface area contributed by atoms with Gasteiger partial charge < -0.3 is 4.74 Å². The Kier molecular flexibility index (Phi) is 12.2. The molecule has 124 valence electrons. The first-order valence-corrected chi connectivity index (χ1v) is 8.14. The third-order valence-electron chi connectivity index (χ3n) is 3.44. The molecule has 0 aliphatic rings. The zero-order valence-electron chi connectivity index (χ0n) is 13.5. The first-order valence-electron chi connectivity index (χ1n) is 8.14. The SMILES string of the molecule is CCCCCCCCCCCC=CC(F)(F)CC(=O)OC. The average Bonchev–Trinajstić information content (AvgIpc) is 2.44. The smallest absolute Gasteiger partial charge is 0.311 e. The number of halogens is 2. The molecule has 0 saturated heterocycles. The van der Waals surface area contributed by atoms with E-state index in [1.54, 1.807) is 0 Å². The van der Waals surface area contributed by atoms with E-state index in [9.17, 15) is 13.6 Å². The molecule has 0 radical (unpaired) electrons. The van der Waals surface area contributed by atoms with Crippen molar-refractivity contribution < 1.29 is 18.3 Å². The predicted molar refractivity (Wildman–Crippen MR) is 82.6 cm³/mol. The van der Waals surface area contributed by atoms with Crippen LogP contribution in [0.15, 0.2) is 12.2 Å². The first-order chi connectivity index (χ1) is 10.0. The third-order valence-corrected chi connectivity index (χ3v) is 3.44. The van der Waals surface area contributed by atoms with E-state index in [0.29, 0.717) is 6.42 Å². The fourth-order valence-electron chi connectivity index (χ4n) is 2.15. The predicted octanol–water partition coefficient (Wildman–Crippen LogP) is 5.66. The lowest BCUT2D eigenvalue weighted by atomic mass is 10.1. The van der Waals surface area contributed by atoms with Crippen LogP contribution in [0.5, 0.6) is 0 Å². The van der Waals surface area contributed by atoms with Crippen LogP contribution in [0.4, 0.5) is 8.78 Å². The molecule has 0 rings (SSSR count). The van der Waals surface area contributed by atoms with Gasteiger partial charge in [0.15, 0.2) is 0 Å². The summed E-state index contributed by atoms with van der Waals surface area (Å²) in [4.78, 5) is 10.8. The topological polar surface area (TPSA) is 26.3 Å². The minimum atomic E-state index is -3.09. The molecular formula is C17H30F2O2. The normalized spacial score (nSPS) is 12.0. The lowest BCUT2D eigenvalue weighted by molar-refractivity contribution is -0.146. The van der Waals surface area contributed by atoms with Gasteiger partial charge in [0, 0.05) is 0 Å². The molecule has 0 aromatic heterocycles. The molecule has 0 spiro atoms. The van der Waals surface area contributed by atoms with E-state index in [4.69, 9.17) is 0 Å². The summed E-state index contributed by atoms with van der Waals surface area (Å²) in [6.07, 6.45) is 13.0. The zero-order valence-corrected chi connectivity index (χ0v) is 13.5. The molecule has 0 aromatic rings. The van der Waals surface area contributed by atoms with Crippen LogP contribution in [-0.4, -0.2) is 19.0 Å². The van der Waals surface area contributed by atoms with E-state index in [1.165, 1.54) is 51.0 Å². The Morgan fingerprint density at radius 3 is 2.05 bits per heavy atom. The molecule has 21 heavy (non-hydrogen) atoms. The van der Waals surface area contributed by atoms with Gasteiger partial charge in [-0.3, -0.25) is 4.79 Å². The van der Waals surface area contributed by atoms with Crippen molar-refractivity contribution in [1.29, 1.82) is 0 Å². The molecular weight excluding hydrogens is 274 g/mol. The van der Waals surface area contributed by atoms with E-state index in [0.717, 1.165) is 26.0 Å². The maximum absolute atomic E-state index is 13.3. The molecule has 0 unspecified atom stereocenters. The van der Waals surface area contributed by atoms with E-state index < -0.39 is 18.3 Å². The Labute approximate surface area is 127 Å². The van der Waals surface area contributed by atoms with Crippen LogP contribution in [0.1, 0.15) is 77.6 Å². The molecule has 0 aromatic carbocycles. The second-order valence-electron chi connectivity index (χ2n) is 5.53. The van der Waals surface area contributed by atoms with Gasteiger partial charge in [0.05, 0.1) is 7.11 Å². The van der Waals surface area contributed by atoms with Gasteiger partial charge in [-0.05, 0) is 18.9 Å². The molecule has 0 heterocycles. The lowest BCUT2D eigenvalue weighted by Crippen LogP contribution is -2.19. The number of esters is 1. The Balaban J connectivity index is 3.49. The van der Waals surface area contributed by atoms with Crippen LogP contribution in [0.3, 0.4) is 0 Å². The number of carbonyl (C=O) groups is 1. The zero-order chi connectivity index (χ0) is 16.0. The monoisotopic (exact) mass is 304 g/mol. The summed E-state index contributed by atoms with van der Waals surface area (Å²) in [5.74, 6) is -3.97. The number of allylic oxidation sites excluding steroid dienone is 2. The van der Waals surface area contributed by atoms with E-state index in [-0.39, 0.29) is 0 Å². The number of carbonyl (C=O) groups excluding carboxylic acids is 1. The van der Waals surface area contributed by atoms with Crippen LogP contribution in [0, 0.1) is 0 Å². The molecule has 0 aliphatic carbocycles. The van der Waals surface area contributed by atoms with Crippen molar-refractivity contribution >= 4 is 5.97 Å². The van der Waals surface area contributed by atoms with E-state index in [1.807, 2.05) is 0 Å². The van der Waals surface area contributed by atoms with Crippen LogP contribution < -0.4 is 0 Å². The van der Waals surface area contributed by atoms with Crippen molar-refractivity contribution in [2.45, 2.75) is 83.5 Å². The van der Waals surface area contributed by atoms with E-state index in [2.05, 4.69) is 11.7 Å². The second-order valence-corrected chi connectivity index (χ2v) is 5.53. The van der Waals surface area contributed by atoms with Gasteiger partial charge in [-0.25, -0.2) is 8.78 Å². The molecule has 0 fully saturated rings. The molecule has 0 aliphatic heterocycles. The number of methoxy groups -OCH3 is 1. The molecule has 0 N–H and O–H groups in total. The van der Waals surface area contributed by atoms with Gasteiger partial charge in [0.2, 0.25) is 0 Å². The minimum Gasteiger partial charge on any atom is -0.469 e. The summed E-state index contributed by atoms with van der Waals surface area (Å²) in [5, 5.41) is 0. The lowest BCUT2D eigenvalue weighted by Gasteiger charge is -2.09. The number of hydrogen-bond donors (Lipinski definition) is 0. The Morgan fingerprint density at radius 2 is 1.52 bits per heavy atom. The van der Waals surface area contributed by atoms with Crippen molar-refractivity contribution in [2.24, 2.45) is 0 Å². The van der Waals surface area contributed by atoms with Gasteiger partial charge in [-0.15, -0.1) is 0 Å². The minimum absolute atomic E-state index is 0.645. The molecule has 4 heteroatoms. The highest BCUT2D eigenvalue weighted by atomic mass is 19.3. The molecule has 0 amide bonds. The maximum Gasteiger partial charge on any atom is 0.311 e. The number of ether oxygens (including phenoxy) is 1. The highest BCUT2D eigenvalue weighted by Gasteiger charge is 2.29. The average molecular weight is 304 g/mol. The highest BCUT2D eigenvalue weighted by Crippen LogP contribution is 2.21. The second kappa shape index (κ2) is 12.8. The third kappa shape index (κ3) is 13.8. The van der Waals surface area contributed by atoms with Gasteiger partial charge in [-0.1, -0.05) is 64.4 Å². The Morgan fingerprint density at radius 1 is 1.00 bits per heavy atom. The number of alkyl halides is 2. The fourth-order valence-corrected chi connectivity index (χ4v) is 2.15. The Bertz CT molecular complexity index is 289. The molecule has 2 nitrogen and oxygen atoms in total. The molecule has 0 bridgehead atoms. The summed E-state index contributed by atoms with van der Waals surface area (Å²) in [6, 6.07) is 0. The summed E-state index contributed by atoms with van der Waals surface area (Å²) in [5.41, 5.74) is 0. The van der Waals surface area contributed by atoms with Crippen molar-refractivity contribution in [1.82, 2.24) is 0 Å². The van der Waals surface area contributed by atoms with Crippen LogP contribution in [0.25, 0.3) is 0 Å². The van der Waals surface area contributed by atoms with Gasteiger partial charge in [0.1, 0.15) is 6.42 Å². The Hall–Kier alpha value is -0.930. The van der Waals surface area contributed by atoms with Crippen LogP contribution in [-0.2, 0) is 9.53 Å². The standard InChI is InChI=1S/C17H30F2O2/c1-3-4-5-6-7-8-9-10-11-12-13-14-17(18,19)15-16(20)21-2/h13-14H,3-12,15H2,1-2H3. The fraction of sp³-hybridized carbons (Fsp3) is 0.824. The van der Waals surface area contributed by atoms with Gasteiger partial charge in [-0.2, -0.15) is 0 Å². The van der Waals surface area contributed by atoms with Crippen LogP contribution >= 0.6 is 0 Å². The quantitative estimate of drug-likeness (QED) is 0.249. The first kappa shape index (κ1) is 20.1. The molecule has 0 atom stereocenters. The van der Waals surface area contributed by atoms with Crippen molar-refractivity contribution in [3.63, 3.8) is 0 Å². The summed E-state index contributed by atoms with van der Waals surface area (Å²) in [7, 11) is 1.12. The highest BCUT2D eigenvalue weighted by molar-refractivity contribution is 5.70. The van der Waals surface area contributed by atoms with Crippen LogP contribution in [0.2, 0.25) is 0 Å². The number of rotatable bonds is 13. The number of unbranched alkanes of at least 4 members (excludes halogenated alkanes) is 9. The maximum atomic E-state index is 13.3. The number of hydrogen-bond acceptors (Lipinski definition) is 2. The van der Waals surface area contributed by atoms with Gasteiger partial charge in [0.25, 0.3) is 5.92 Å².